The lowest BCUT2D eigenvalue weighted by atomic mass is 10.2. The molecule has 1 N–H and O–H groups in total. The molecule has 0 spiro atoms. The summed E-state index contributed by atoms with van der Waals surface area (Å²) in [6.45, 7) is 0. The van der Waals surface area contributed by atoms with Crippen LogP contribution in [0.25, 0.3) is 0 Å². The summed E-state index contributed by atoms with van der Waals surface area (Å²) in [6, 6.07) is 14.5. The molecule has 2 aromatic carbocycles. The van der Waals surface area contributed by atoms with Gasteiger partial charge in [0.1, 0.15) is 5.82 Å². The summed E-state index contributed by atoms with van der Waals surface area (Å²) in [4.78, 5) is 11.7. The molecule has 2 nitrogen and oxygen atoms in total. The van der Waals surface area contributed by atoms with E-state index in [1.807, 2.05) is 6.07 Å². The van der Waals surface area contributed by atoms with E-state index in [0.29, 0.717) is 11.3 Å². The highest BCUT2D eigenvalue weighted by molar-refractivity contribution is 6.04. The average Bonchev–Trinajstić information content (AvgIpc) is 2.33. The van der Waals surface area contributed by atoms with Crippen LogP contribution in [0.3, 0.4) is 0 Å². The normalized spacial score (nSPS) is 9.24. The zero-order valence-corrected chi connectivity index (χ0v) is 9.71. The molecule has 88 valence electrons. The van der Waals surface area contributed by atoms with Gasteiger partial charge in [-0.2, -0.15) is 0 Å². The predicted octanol–water partition coefficient (Wildman–Crippen LogP) is 3.50. The number of carbonyl (C=O) groups excluding carboxylic acids is 1. The van der Waals surface area contributed by atoms with Crippen molar-refractivity contribution in [2.75, 3.05) is 5.32 Å². The third-order valence-electron chi connectivity index (χ3n) is 2.14. The van der Waals surface area contributed by atoms with Crippen LogP contribution in [0.15, 0.2) is 54.6 Å². The van der Waals surface area contributed by atoms with E-state index in [2.05, 4.69) is 5.32 Å². The lowest BCUT2D eigenvalue weighted by Gasteiger charge is -2.04. The summed E-state index contributed by atoms with van der Waals surface area (Å²) < 4.78 is 12.6. The largest absolute Gasteiger partial charge is 0.322 e. The topological polar surface area (TPSA) is 29.1 Å². The van der Waals surface area contributed by atoms with Crippen LogP contribution in [-0.2, 0) is 0 Å². The fourth-order valence-electron chi connectivity index (χ4n) is 1.33. The number of nitrogens with one attached hydrogen (secondary N) is 1. The van der Waals surface area contributed by atoms with Crippen molar-refractivity contribution >= 4 is 24.0 Å². The number of amides is 1. The molecule has 1 amide bonds. The van der Waals surface area contributed by atoms with Crippen molar-refractivity contribution in [2.24, 2.45) is 0 Å². The van der Waals surface area contributed by atoms with Crippen molar-refractivity contribution in [2.45, 2.75) is 0 Å². The zero-order valence-electron chi connectivity index (χ0n) is 8.89. The average molecular weight is 252 g/mol. The molecule has 0 atom stereocenters. The summed E-state index contributed by atoms with van der Waals surface area (Å²) >= 11 is 0. The van der Waals surface area contributed by atoms with Gasteiger partial charge in [0.15, 0.2) is 0 Å². The Labute approximate surface area is 105 Å². The Kier molecular flexibility index (Phi) is 4.67. The van der Waals surface area contributed by atoms with E-state index in [1.165, 1.54) is 24.3 Å². The number of carbonyl (C=O) groups is 1. The SMILES string of the molecule is Cl.O=C(Nc1ccc(F)cc1)c1ccccc1. The lowest BCUT2D eigenvalue weighted by Crippen LogP contribution is -2.11. The smallest absolute Gasteiger partial charge is 0.255 e. The Morgan fingerprint density at radius 2 is 1.53 bits per heavy atom. The maximum Gasteiger partial charge on any atom is 0.255 e. The van der Waals surface area contributed by atoms with Crippen LogP contribution in [0, 0.1) is 5.82 Å². The number of hydrogen-bond donors (Lipinski definition) is 1. The fraction of sp³-hybridized carbons (Fsp3) is 0. The number of rotatable bonds is 2. The van der Waals surface area contributed by atoms with Crippen molar-refractivity contribution in [3.63, 3.8) is 0 Å². The molecule has 0 fully saturated rings. The first-order valence-corrected chi connectivity index (χ1v) is 4.88. The van der Waals surface area contributed by atoms with E-state index < -0.39 is 0 Å². The van der Waals surface area contributed by atoms with Crippen LogP contribution >= 0.6 is 12.4 Å². The predicted molar refractivity (Wildman–Crippen MR) is 68.0 cm³/mol. The number of halogens is 2. The van der Waals surface area contributed by atoms with Gasteiger partial charge in [0.25, 0.3) is 5.91 Å². The number of hydrogen-bond acceptors (Lipinski definition) is 1. The van der Waals surface area contributed by atoms with Gasteiger partial charge in [-0.25, -0.2) is 4.39 Å². The molecule has 0 saturated heterocycles. The Morgan fingerprint density at radius 3 is 2.12 bits per heavy atom. The molecule has 2 rings (SSSR count). The minimum atomic E-state index is -0.322. The second-order valence-electron chi connectivity index (χ2n) is 3.33. The quantitative estimate of drug-likeness (QED) is 0.870. The molecule has 0 unspecified atom stereocenters. The van der Waals surface area contributed by atoms with Gasteiger partial charge in [-0.1, -0.05) is 18.2 Å². The second-order valence-corrected chi connectivity index (χ2v) is 3.33. The van der Waals surface area contributed by atoms with Gasteiger partial charge in [-0.05, 0) is 36.4 Å². The van der Waals surface area contributed by atoms with E-state index in [9.17, 15) is 9.18 Å². The lowest BCUT2D eigenvalue weighted by molar-refractivity contribution is 0.102. The van der Waals surface area contributed by atoms with Gasteiger partial charge < -0.3 is 5.32 Å². The van der Waals surface area contributed by atoms with Crippen molar-refractivity contribution in [1.82, 2.24) is 0 Å². The van der Waals surface area contributed by atoms with Crippen molar-refractivity contribution in [3.8, 4) is 0 Å². The minimum absolute atomic E-state index is 0. The monoisotopic (exact) mass is 251 g/mol. The molecule has 0 radical (unpaired) electrons. The van der Waals surface area contributed by atoms with Crippen LogP contribution in [0.4, 0.5) is 10.1 Å². The zero-order chi connectivity index (χ0) is 11.4. The van der Waals surface area contributed by atoms with Gasteiger partial charge in [-0.3, -0.25) is 4.79 Å². The van der Waals surface area contributed by atoms with Crippen molar-refractivity contribution in [3.05, 3.63) is 66.0 Å². The molecule has 2 aromatic rings. The molecule has 0 aliphatic heterocycles. The third kappa shape index (κ3) is 3.57. The highest BCUT2D eigenvalue weighted by Crippen LogP contribution is 2.10. The van der Waals surface area contributed by atoms with Crippen LogP contribution in [0.1, 0.15) is 10.4 Å². The summed E-state index contributed by atoms with van der Waals surface area (Å²) in [6.07, 6.45) is 0. The number of benzene rings is 2. The first-order chi connectivity index (χ1) is 7.75. The molecular weight excluding hydrogens is 241 g/mol. The number of anilines is 1. The van der Waals surface area contributed by atoms with Crippen LogP contribution in [-0.4, -0.2) is 5.91 Å². The van der Waals surface area contributed by atoms with E-state index >= 15 is 0 Å². The van der Waals surface area contributed by atoms with E-state index in [4.69, 9.17) is 0 Å². The maximum absolute atomic E-state index is 12.6. The minimum Gasteiger partial charge on any atom is -0.322 e. The summed E-state index contributed by atoms with van der Waals surface area (Å²) in [7, 11) is 0. The van der Waals surface area contributed by atoms with Gasteiger partial charge in [0.2, 0.25) is 0 Å². The first-order valence-electron chi connectivity index (χ1n) is 4.88. The van der Waals surface area contributed by atoms with Crippen molar-refractivity contribution < 1.29 is 9.18 Å². The summed E-state index contributed by atoms with van der Waals surface area (Å²) in [5.74, 6) is -0.523. The molecule has 0 heterocycles. The van der Waals surface area contributed by atoms with Crippen LogP contribution in [0.2, 0.25) is 0 Å². The molecule has 0 saturated carbocycles. The summed E-state index contributed by atoms with van der Waals surface area (Å²) in [5.41, 5.74) is 1.15. The van der Waals surface area contributed by atoms with Crippen molar-refractivity contribution in [1.29, 1.82) is 0 Å². The third-order valence-corrected chi connectivity index (χ3v) is 2.14. The van der Waals surface area contributed by atoms with Gasteiger partial charge in [0, 0.05) is 11.3 Å². The molecule has 0 bridgehead atoms. The fourth-order valence-corrected chi connectivity index (χ4v) is 1.33. The maximum atomic E-state index is 12.6. The molecule has 0 aliphatic carbocycles. The molecule has 4 heteroatoms. The first kappa shape index (κ1) is 13.2. The summed E-state index contributed by atoms with van der Waals surface area (Å²) in [5, 5.41) is 2.68. The van der Waals surface area contributed by atoms with E-state index in [-0.39, 0.29) is 24.1 Å². The van der Waals surface area contributed by atoms with Gasteiger partial charge >= 0.3 is 0 Å². The Balaban J connectivity index is 0.00000144. The Morgan fingerprint density at radius 1 is 0.941 bits per heavy atom. The second kappa shape index (κ2) is 6.01. The van der Waals surface area contributed by atoms with E-state index in [1.54, 1.807) is 24.3 Å². The highest BCUT2D eigenvalue weighted by Gasteiger charge is 2.04. The van der Waals surface area contributed by atoms with Crippen LogP contribution < -0.4 is 5.32 Å². The van der Waals surface area contributed by atoms with Gasteiger partial charge in [0.05, 0.1) is 0 Å². The Hall–Kier alpha value is -1.87. The van der Waals surface area contributed by atoms with Gasteiger partial charge in [-0.15, -0.1) is 12.4 Å². The molecule has 17 heavy (non-hydrogen) atoms. The Bertz CT molecular complexity index is 485. The van der Waals surface area contributed by atoms with E-state index in [0.717, 1.165) is 0 Å². The molecule has 0 aromatic heterocycles. The highest BCUT2D eigenvalue weighted by atomic mass is 35.5. The van der Waals surface area contributed by atoms with Crippen LogP contribution in [0.5, 0.6) is 0 Å². The standard InChI is InChI=1S/C13H10FNO.ClH/c14-11-6-8-12(9-7-11)15-13(16)10-4-2-1-3-5-10;/h1-9H,(H,15,16);1H. The molecular formula is C13H11ClFNO. The molecule has 0 aliphatic rings.